The van der Waals surface area contributed by atoms with E-state index in [4.69, 9.17) is 0 Å². The van der Waals surface area contributed by atoms with E-state index < -0.39 is 0 Å². The van der Waals surface area contributed by atoms with Gasteiger partial charge in [-0.2, -0.15) is 0 Å². The number of benzene rings is 2. The zero-order valence-electron chi connectivity index (χ0n) is 13.4. The predicted molar refractivity (Wildman–Crippen MR) is 91.3 cm³/mol. The Kier molecular flexibility index (Phi) is 3.75. The minimum atomic E-state index is -0.364. The highest BCUT2D eigenvalue weighted by Gasteiger charge is 2.35. The zero-order chi connectivity index (χ0) is 15.7. The van der Waals surface area contributed by atoms with Crippen LogP contribution in [0, 0.1) is 0 Å². The lowest BCUT2D eigenvalue weighted by Gasteiger charge is -2.18. The van der Waals surface area contributed by atoms with E-state index in [1.54, 1.807) is 0 Å². The summed E-state index contributed by atoms with van der Waals surface area (Å²) in [5.74, 6) is -0.0413. The maximum atomic E-state index is 12.2. The first-order valence-electron chi connectivity index (χ1n) is 7.83. The second-order valence-corrected chi connectivity index (χ2v) is 6.37. The molecule has 3 heteroatoms. The molecule has 1 heterocycles. The van der Waals surface area contributed by atoms with Crippen molar-refractivity contribution >= 4 is 22.8 Å². The molecule has 0 radical (unpaired) electrons. The largest absolute Gasteiger partial charge is 0.287 e. The molecule has 0 atom stereocenters. The highest BCUT2D eigenvalue weighted by atomic mass is 16.2. The van der Waals surface area contributed by atoms with Crippen molar-refractivity contribution in [2.75, 3.05) is 0 Å². The van der Waals surface area contributed by atoms with Gasteiger partial charge >= 0.3 is 0 Å². The summed E-state index contributed by atoms with van der Waals surface area (Å²) < 4.78 is 0. The molecule has 3 nitrogen and oxygen atoms in total. The number of amides is 1. The minimum absolute atomic E-state index is 0.0413. The average Bonchev–Trinajstić information content (AvgIpc) is 2.76. The van der Waals surface area contributed by atoms with Gasteiger partial charge in [0.1, 0.15) is 0 Å². The van der Waals surface area contributed by atoms with Gasteiger partial charge in [-0.25, -0.2) is 5.43 Å². The van der Waals surface area contributed by atoms with Crippen LogP contribution >= 0.6 is 0 Å². The van der Waals surface area contributed by atoms with Crippen molar-refractivity contribution in [3.63, 3.8) is 0 Å². The third-order valence-electron chi connectivity index (χ3n) is 4.28. The van der Waals surface area contributed by atoms with Gasteiger partial charge in [-0.3, -0.25) is 10.2 Å². The van der Waals surface area contributed by atoms with Gasteiger partial charge in [-0.05, 0) is 48.2 Å². The fourth-order valence-corrected chi connectivity index (χ4v) is 3.02. The monoisotopic (exact) mass is 294 g/mol. The van der Waals surface area contributed by atoms with Gasteiger partial charge < -0.3 is 0 Å². The molecule has 1 fully saturated rings. The van der Waals surface area contributed by atoms with Crippen LogP contribution in [0.2, 0.25) is 0 Å². The first-order chi connectivity index (χ1) is 10.5. The summed E-state index contributed by atoms with van der Waals surface area (Å²) in [6, 6.07) is 12.7. The molecule has 0 aliphatic carbocycles. The molecule has 2 N–H and O–H groups in total. The van der Waals surface area contributed by atoms with Gasteiger partial charge in [0.05, 0.1) is 5.54 Å². The summed E-state index contributed by atoms with van der Waals surface area (Å²) in [6.07, 6.45) is 4.16. The molecule has 2 aromatic carbocycles. The van der Waals surface area contributed by atoms with Crippen molar-refractivity contribution in [1.82, 2.24) is 10.9 Å². The molecule has 0 saturated carbocycles. The van der Waals surface area contributed by atoms with E-state index in [-0.39, 0.29) is 11.4 Å². The van der Waals surface area contributed by atoms with Crippen molar-refractivity contribution < 1.29 is 4.79 Å². The lowest BCUT2D eigenvalue weighted by Crippen LogP contribution is -2.38. The van der Waals surface area contributed by atoms with Crippen LogP contribution in [0.4, 0.5) is 0 Å². The molecule has 3 rings (SSSR count). The van der Waals surface area contributed by atoms with E-state index in [9.17, 15) is 4.79 Å². The van der Waals surface area contributed by atoms with E-state index in [1.165, 1.54) is 21.9 Å². The van der Waals surface area contributed by atoms with E-state index in [0.29, 0.717) is 0 Å². The Labute approximate surface area is 131 Å². The quantitative estimate of drug-likeness (QED) is 0.849. The Morgan fingerprint density at radius 2 is 1.91 bits per heavy atom. The lowest BCUT2D eigenvalue weighted by molar-refractivity contribution is -0.116. The molecular formula is C19H22N2O. The molecule has 1 aliphatic rings. The molecule has 114 valence electrons. The van der Waals surface area contributed by atoms with Crippen LogP contribution in [0.1, 0.15) is 38.3 Å². The van der Waals surface area contributed by atoms with Crippen molar-refractivity contribution in [2.24, 2.45) is 0 Å². The summed E-state index contributed by atoms with van der Waals surface area (Å²) in [6.45, 7) is 6.21. The molecular weight excluding hydrogens is 272 g/mol. The second kappa shape index (κ2) is 5.58. The number of hydrogen-bond acceptors (Lipinski definition) is 2. The molecule has 0 spiro atoms. The summed E-state index contributed by atoms with van der Waals surface area (Å²) in [5, 5.41) is 2.41. The number of fused-ring (bicyclic) bond motifs is 1. The standard InChI is InChI=1S/C19H22N2O/c1-4-7-13-10-11-14-8-5-6-9-15(14)16(13)12-17-18(22)20-21-19(17,2)3/h5-6,8-12,21H,4,7H2,1-3H3,(H,20,22)/b17-12+. The molecule has 1 amide bonds. The Bertz CT molecular complexity index is 759. The molecule has 0 unspecified atom stereocenters. The molecule has 1 aliphatic heterocycles. The van der Waals surface area contributed by atoms with Crippen LogP contribution in [-0.4, -0.2) is 11.4 Å². The number of hydrogen-bond donors (Lipinski definition) is 2. The fourth-order valence-electron chi connectivity index (χ4n) is 3.02. The van der Waals surface area contributed by atoms with E-state index in [1.807, 2.05) is 19.9 Å². The maximum absolute atomic E-state index is 12.2. The van der Waals surface area contributed by atoms with Crippen molar-refractivity contribution in [1.29, 1.82) is 0 Å². The maximum Gasteiger partial charge on any atom is 0.263 e. The minimum Gasteiger partial charge on any atom is -0.287 e. The second-order valence-electron chi connectivity index (χ2n) is 6.37. The Morgan fingerprint density at radius 3 is 2.59 bits per heavy atom. The molecule has 0 bridgehead atoms. The van der Waals surface area contributed by atoms with Gasteiger partial charge in [0.25, 0.3) is 5.91 Å². The average molecular weight is 294 g/mol. The highest BCUT2D eigenvalue weighted by molar-refractivity contribution is 6.04. The number of hydrazine groups is 1. The van der Waals surface area contributed by atoms with Crippen LogP contribution in [0.5, 0.6) is 0 Å². The van der Waals surface area contributed by atoms with E-state index >= 15 is 0 Å². The van der Waals surface area contributed by atoms with Gasteiger partial charge in [-0.15, -0.1) is 0 Å². The molecule has 22 heavy (non-hydrogen) atoms. The van der Waals surface area contributed by atoms with Crippen LogP contribution in [0.15, 0.2) is 42.0 Å². The first kappa shape index (κ1) is 14.8. The van der Waals surface area contributed by atoms with Gasteiger partial charge in [0.2, 0.25) is 0 Å². The number of rotatable bonds is 3. The Morgan fingerprint density at radius 1 is 1.14 bits per heavy atom. The zero-order valence-corrected chi connectivity index (χ0v) is 13.4. The summed E-state index contributed by atoms with van der Waals surface area (Å²) in [7, 11) is 0. The van der Waals surface area contributed by atoms with Crippen LogP contribution in [0.25, 0.3) is 16.8 Å². The molecule has 1 saturated heterocycles. The van der Waals surface area contributed by atoms with Crippen LogP contribution in [-0.2, 0) is 11.2 Å². The first-order valence-corrected chi connectivity index (χ1v) is 7.83. The topological polar surface area (TPSA) is 41.1 Å². The van der Waals surface area contributed by atoms with E-state index in [0.717, 1.165) is 18.4 Å². The van der Waals surface area contributed by atoms with Crippen molar-refractivity contribution in [3.05, 3.63) is 53.1 Å². The number of carbonyl (C=O) groups excluding carboxylic acids is 1. The Hall–Kier alpha value is -2.13. The van der Waals surface area contributed by atoms with Crippen LogP contribution < -0.4 is 10.9 Å². The smallest absolute Gasteiger partial charge is 0.263 e. The number of aryl methyl sites for hydroxylation is 1. The van der Waals surface area contributed by atoms with E-state index in [2.05, 4.69) is 54.2 Å². The Balaban J connectivity index is 2.24. The van der Waals surface area contributed by atoms with Gasteiger partial charge in [0, 0.05) is 5.57 Å². The third kappa shape index (κ3) is 2.53. The van der Waals surface area contributed by atoms with Crippen LogP contribution in [0.3, 0.4) is 0 Å². The fraction of sp³-hybridized carbons (Fsp3) is 0.316. The number of nitrogens with one attached hydrogen (secondary N) is 2. The van der Waals surface area contributed by atoms with Crippen molar-refractivity contribution in [3.8, 4) is 0 Å². The number of carbonyl (C=O) groups is 1. The molecule has 0 aromatic heterocycles. The van der Waals surface area contributed by atoms with Crippen molar-refractivity contribution in [2.45, 2.75) is 39.2 Å². The summed E-state index contributed by atoms with van der Waals surface area (Å²) in [5.41, 5.74) is 8.65. The van der Waals surface area contributed by atoms with Gasteiger partial charge in [-0.1, -0.05) is 49.7 Å². The SMILES string of the molecule is CCCc1ccc2ccccc2c1/C=C1\C(=O)NNC1(C)C. The lowest BCUT2D eigenvalue weighted by atomic mass is 9.89. The summed E-state index contributed by atoms with van der Waals surface area (Å²) >= 11 is 0. The third-order valence-corrected chi connectivity index (χ3v) is 4.28. The highest BCUT2D eigenvalue weighted by Crippen LogP contribution is 2.29. The molecule has 2 aromatic rings. The normalized spacial score (nSPS) is 18.9. The summed E-state index contributed by atoms with van der Waals surface area (Å²) in [4.78, 5) is 12.2. The predicted octanol–water partition coefficient (Wildman–Crippen LogP) is 3.59. The van der Waals surface area contributed by atoms with Gasteiger partial charge in [0.15, 0.2) is 0 Å².